The van der Waals surface area contributed by atoms with E-state index in [1.54, 1.807) is 0 Å². The van der Waals surface area contributed by atoms with Crippen LogP contribution in [-0.4, -0.2) is 55.9 Å². The first-order valence-electron chi connectivity index (χ1n) is 6.27. The third-order valence-corrected chi connectivity index (χ3v) is 3.01. The lowest BCUT2D eigenvalue weighted by molar-refractivity contribution is 0.0694. The molecule has 0 heterocycles. The number of ether oxygens (including phenoxy) is 2. The Balaban J connectivity index is 3.23. The predicted octanol–water partition coefficient (Wildman–Crippen LogP) is 1.60. The van der Waals surface area contributed by atoms with Crippen LogP contribution in [0.15, 0.2) is 6.07 Å². The van der Waals surface area contributed by atoms with E-state index in [2.05, 4.69) is 0 Å². The molecule has 2 N–H and O–H groups in total. The van der Waals surface area contributed by atoms with Gasteiger partial charge < -0.3 is 24.6 Å². The second kappa shape index (κ2) is 7.00. The van der Waals surface area contributed by atoms with Gasteiger partial charge in [-0.1, -0.05) is 0 Å². The van der Waals surface area contributed by atoms with Gasteiger partial charge in [0.05, 0.1) is 19.8 Å². The number of phenolic OH excluding ortho intramolecular Hbond substituents is 1. The van der Waals surface area contributed by atoms with Gasteiger partial charge in [-0.25, -0.2) is 4.79 Å². The standard InChI is InChI=1S/C14H21NO5/c1-15(2)7-5-6-9-10(14(17)18)8-11(19-3)12(16)13(9)20-4/h8,16H,5-7H2,1-4H3,(H,17,18). The Morgan fingerprint density at radius 2 is 1.95 bits per heavy atom. The fourth-order valence-corrected chi connectivity index (χ4v) is 2.05. The van der Waals surface area contributed by atoms with Crippen molar-refractivity contribution in [3.05, 3.63) is 17.2 Å². The number of phenols is 1. The van der Waals surface area contributed by atoms with Crippen molar-refractivity contribution in [1.29, 1.82) is 0 Å². The highest BCUT2D eigenvalue weighted by Crippen LogP contribution is 2.41. The number of rotatable bonds is 7. The molecule has 6 heteroatoms. The molecule has 0 bridgehead atoms. The van der Waals surface area contributed by atoms with Crippen LogP contribution in [0.1, 0.15) is 22.3 Å². The SMILES string of the molecule is COc1cc(C(=O)O)c(CCCN(C)C)c(OC)c1O. The van der Waals surface area contributed by atoms with Gasteiger partial charge in [0.1, 0.15) is 0 Å². The Hall–Kier alpha value is -1.95. The molecule has 6 nitrogen and oxygen atoms in total. The largest absolute Gasteiger partial charge is 0.502 e. The molecule has 112 valence electrons. The van der Waals surface area contributed by atoms with Crippen LogP contribution in [0.5, 0.6) is 17.2 Å². The summed E-state index contributed by atoms with van der Waals surface area (Å²) in [6, 6.07) is 1.32. The van der Waals surface area contributed by atoms with E-state index in [-0.39, 0.29) is 22.8 Å². The fourth-order valence-electron chi connectivity index (χ4n) is 2.05. The Kier molecular flexibility index (Phi) is 5.64. The van der Waals surface area contributed by atoms with Crippen molar-refractivity contribution >= 4 is 5.97 Å². The van der Waals surface area contributed by atoms with Gasteiger partial charge in [0.25, 0.3) is 0 Å². The van der Waals surface area contributed by atoms with Gasteiger partial charge in [-0.3, -0.25) is 0 Å². The van der Waals surface area contributed by atoms with E-state index in [4.69, 9.17) is 9.47 Å². The summed E-state index contributed by atoms with van der Waals surface area (Å²) in [4.78, 5) is 13.4. The predicted molar refractivity (Wildman–Crippen MR) is 75.0 cm³/mol. The molecule has 0 fully saturated rings. The summed E-state index contributed by atoms with van der Waals surface area (Å²) in [5.41, 5.74) is 0.579. The number of carboxylic acids is 1. The quantitative estimate of drug-likeness (QED) is 0.791. The lowest BCUT2D eigenvalue weighted by atomic mass is 10.00. The van der Waals surface area contributed by atoms with E-state index in [1.807, 2.05) is 19.0 Å². The molecule has 20 heavy (non-hydrogen) atoms. The maximum Gasteiger partial charge on any atom is 0.336 e. The zero-order valence-electron chi connectivity index (χ0n) is 12.3. The van der Waals surface area contributed by atoms with Crippen molar-refractivity contribution in [1.82, 2.24) is 4.90 Å². The molecule has 0 aliphatic carbocycles. The molecule has 0 radical (unpaired) electrons. The van der Waals surface area contributed by atoms with Gasteiger partial charge in [-0.15, -0.1) is 0 Å². The Bertz CT molecular complexity index is 485. The number of benzene rings is 1. The highest BCUT2D eigenvalue weighted by Gasteiger charge is 2.22. The lowest BCUT2D eigenvalue weighted by Gasteiger charge is -2.16. The highest BCUT2D eigenvalue weighted by atomic mass is 16.5. The molecule has 0 aromatic heterocycles. The van der Waals surface area contributed by atoms with Gasteiger partial charge in [-0.05, 0) is 39.5 Å². The number of hydrogen-bond acceptors (Lipinski definition) is 5. The first kappa shape index (κ1) is 16.1. The van der Waals surface area contributed by atoms with Crippen molar-refractivity contribution < 1.29 is 24.5 Å². The molecule has 0 unspecified atom stereocenters. The molecular formula is C14H21NO5. The van der Waals surface area contributed by atoms with Crippen LogP contribution in [0.25, 0.3) is 0 Å². The molecule has 0 aliphatic heterocycles. The van der Waals surface area contributed by atoms with Crippen LogP contribution in [0, 0.1) is 0 Å². The van der Waals surface area contributed by atoms with Crippen LogP contribution in [0.3, 0.4) is 0 Å². The smallest absolute Gasteiger partial charge is 0.336 e. The molecule has 1 aromatic rings. The van der Waals surface area contributed by atoms with E-state index in [0.29, 0.717) is 12.0 Å². The Morgan fingerprint density at radius 1 is 1.30 bits per heavy atom. The van der Waals surface area contributed by atoms with Crippen LogP contribution in [0.2, 0.25) is 0 Å². The maximum atomic E-state index is 11.4. The minimum atomic E-state index is -1.07. The summed E-state index contributed by atoms with van der Waals surface area (Å²) in [6.07, 6.45) is 1.26. The van der Waals surface area contributed by atoms with Gasteiger partial charge in [0, 0.05) is 5.56 Å². The average molecular weight is 283 g/mol. The molecule has 0 atom stereocenters. The van der Waals surface area contributed by atoms with Gasteiger partial charge >= 0.3 is 5.97 Å². The molecule has 0 aliphatic rings. The Morgan fingerprint density at radius 3 is 2.40 bits per heavy atom. The zero-order chi connectivity index (χ0) is 15.3. The summed E-state index contributed by atoms with van der Waals surface area (Å²) >= 11 is 0. The summed E-state index contributed by atoms with van der Waals surface area (Å²) < 4.78 is 10.1. The van der Waals surface area contributed by atoms with Gasteiger partial charge in [-0.2, -0.15) is 0 Å². The summed E-state index contributed by atoms with van der Waals surface area (Å²) in [6.45, 7) is 0.814. The maximum absolute atomic E-state index is 11.4. The number of carboxylic acid groups (broad SMARTS) is 1. The first-order valence-corrected chi connectivity index (χ1v) is 6.27. The van der Waals surface area contributed by atoms with Gasteiger partial charge in [0.15, 0.2) is 11.5 Å². The second-order valence-electron chi connectivity index (χ2n) is 4.70. The normalized spacial score (nSPS) is 10.7. The first-order chi connectivity index (χ1) is 9.42. The van der Waals surface area contributed by atoms with E-state index >= 15 is 0 Å². The van der Waals surface area contributed by atoms with Crippen LogP contribution < -0.4 is 9.47 Å². The van der Waals surface area contributed by atoms with Crippen molar-refractivity contribution in [3.63, 3.8) is 0 Å². The molecule has 0 spiro atoms. The number of aromatic hydroxyl groups is 1. The summed E-state index contributed by atoms with van der Waals surface area (Å²) in [5, 5.41) is 19.3. The number of nitrogens with zero attached hydrogens (tertiary/aromatic N) is 1. The minimum Gasteiger partial charge on any atom is -0.502 e. The second-order valence-corrected chi connectivity index (χ2v) is 4.70. The number of aromatic carboxylic acids is 1. The number of hydrogen-bond donors (Lipinski definition) is 2. The van der Waals surface area contributed by atoms with Crippen LogP contribution in [-0.2, 0) is 6.42 Å². The zero-order valence-corrected chi connectivity index (χ0v) is 12.3. The van der Waals surface area contributed by atoms with Crippen molar-refractivity contribution in [3.8, 4) is 17.2 Å². The summed E-state index contributed by atoms with van der Waals surface area (Å²) in [5.74, 6) is -0.975. The molecule has 0 saturated heterocycles. The third-order valence-electron chi connectivity index (χ3n) is 3.01. The van der Waals surface area contributed by atoms with E-state index in [9.17, 15) is 15.0 Å². The molecular weight excluding hydrogens is 262 g/mol. The topological polar surface area (TPSA) is 79.2 Å². The van der Waals surface area contributed by atoms with Crippen LogP contribution in [0.4, 0.5) is 0 Å². The van der Waals surface area contributed by atoms with Crippen LogP contribution >= 0.6 is 0 Å². The molecule has 1 rings (SSSR count). The van der Waals surface area contributed by atoms with Crippen molar-refractivity contribution in [2.45, 2.75) is 12.8 Å². The fraction of sp³-hybridized carbons (Fsp3) is 0.500. The van der Waals surface area contributed by atoms with E-state index < -0.39 is 5.97 Å². The van der Waals surface area contributed by atoms with E-state index in [1.165, 1.54) is 20.3 Å². The lowest BCUT2D eigenvalue weighted by Crippen LogP contribution is -2.14. The number of carbonyl (C=O) groups is 1. The van der Waals surface area contributed by atoms with Crippen molar-refractivity contribution in [2.24, 2.45) is 0 Å². The average Bonchev–Trinajstić information content (AvgIpc) is 2.38. The van der Waals surface area contributed by atoms with Gasteiger partial charge in [0.2, 0.25) is 5.75 Å². The summed E-state index contributed by atoms with van der Waals surface area (Å²) in [7, 11) is 6.66. The minimum absolute atomic E-state index is 0.0928. The molecule has 0 saturated carbocycles. The van der Waals surface area contributed by atoms with E-state index in [0.717, 1.165) is 13.0 Å². The number of methoxy groups -OCH3 is 2. The molecule has 0 amide bonds. The van der Waals surface area contributed by atoms with Crippen molar-refractivity contribution in [2.75, 3.05) is 34.9 Å². The third kappa shape index (κ3) is 3.54. The highest BCUT2D eigenvalue weighted by molar-refractivity contribution is 5.92. The monoisotopic (exact) mass is 283 g/mol. The Labute approximate surface area is 118 Å². The molecule has 1 aromatic carbocycles.